The fourth-order valence-electron chi connectivity index (χ4n) is 1.65. The SMILES string of the molecule is CNC(=O)c1cccc(N)c1-c1ccnc(Cl)n1. The third-order valence-corrected chi connectivity index (χ3v) is 2.63. The highest BCUT2D eigenvalue weighted by atomic mass is 35.5. The van der Waals surface area contributed by atoms with Crippen molar-refractivity contribution in [1.29, 1.82) is 0 Å². The van der Waals surface area contributed by atoms with Crippen LogP contribution in [0.4, 0.5) is 5.69 Å². The van der Waals surface area contributed by atoms with E-state index in [2.05, 4.69) is 15.3 Å². The van der Waals surface area contributed by atoms with E-state index < -0.39 is 0 Å². The van der Waals surface area contributed by atoms with Gasteiger partial charge >= 0.3 is 0 Å². The summed E-state index contributed by atoms with van der Waals surface area (Å²) in [5, 5.41) is 2.67. The normalized spacial score (nSPS) is 10.1. The van der Waals surface area contributed by atoms with Gasteiger partial charge in [-0.15, -0.1) is 0 Å². The van der Waals surface area contributed by atoms with E-state index in [-0.39, 0.29) is 11.2 Å². The zero-order valence-electron chi connectivity index (χ0n) is 9.64. The summed E-state index contributed by atoms with van der Waals surface area (Å²) in [6.45, 7) is 0. The number of carbonyl (C=O) groups excluding carboxylic acids is 1. The van der Waals surface area contributed by atoms with E-state index >= 15 is 0 Å². The van der Waals surface area contributed by atoms with Crippen LogP contribution in [0, 0.1) is 0 Å². The Labute approximate surface area is 109 Å². The van der Waals surface area contributed by atoms with Gasteiger partial charge in [-0.2, -0.15) is 0 Å². The van der Waals surface area contributed by atoms with E-state index in [0.717, 1.165) is 0 Å². The number of nitrogen functional groups attached to an aromatic ring is 1. The minimum Gasteiger partial charge on any atom is -0.398 e. The van der Waals surface area contributed by atoms with Crippen molar-refractivity contribution in [3.63, 3.8) is 0 Å². The van der Waals surface area contributed by atoms with Crippen LogP contribution < -0.4 is 11.1 Å². The quantitative estimate of drug-likeness (QED) is 0.638. The average Bonchev–Trinajstić information content (AvgIpc) is 2.37. The molecule has 5 nitrogen and oxygen atoms in total. The van der Waals surface area contributed by atoms with Crippen LogP contribution in [-0.2, 0) is 0 Å². The summed E-state index contributed by atoms with van der Waals surface area (Å²) < 4.78 is 0. The lowest BCUT2D eigenvalue weighted by molar-refractivity contribution is 0.0963. The lowest BCUT2D eigenvalue weighted by Crippen LogP contribution is -2.19. The van der Waals surface area contributed by atoms with Gasteiger partial charge in [-0.25, -0.2) is 9.97 Å². The number of nitrogens with one attached hydrogen (secondary N) is 1. The molecular weight excluding hydrogens is 252 g/mol. The maximum Gasteiger partial charge on any atom is 0.251 e. The molecule has 1 aromatic heterocycles. The molecule has 6 heteroatoms. The van der Waals surface area contributed by atoms with Crippen molar-refractivity contribution in [1.82, 2.24) is 15.3 Å². The monoisotopic (exact) mass is 262 g/mol. The Morgan fingerprint density at radius 2 is 2.17 bits per heavy atom. The first-order valence-corrected chi connectivity index (χ1v) is 5.60. The molecule has 0 bridgehead atoms. The minimum absolute atomic E-state index is 0.110. The van der Waals surface area contributed by atoms with Crippen LogP contribution in [0.5, 0.6) is 0 Å². The van der Waals surface area contributed by atoms with Crippen LogP contribution in [0.15, 0.2) is 30.5 Å². The molecule has 0 unspecified atom stereocenters. The maximum atomic E-state index is 11.8. The molecule has 0 radical (unpaired) electrons. The summed E-state index contributed by atoms with van der Waals surface area (Å²) in [5.41, 5.74) is 7.90. The van der Waals surface area contributed by atoms with Gasteiger partial charge in [0.1, 0.15) is 0 Å². The number of nitrogens with zero attached hydrogens (tertiary/aromatic N) is 2. The molecule has 2 rings (SSSR count). The Morgan fingerprint density at radius 3 is 2.83 bits per heavy atom. The molecule has 0 atom stereocenters. The molecule has 0 saturated carbocycles. The third kappa shape index (κ3) is 2.26. The Kier molecular flexibility index (Phi) is 3.43. The number of aromatic nitrogens is 2. The molecule has 3 N–H and O–H groups in total. The van der Waals surface area contributed by atoms with Crippen LogP contribution in [-0.4, -0.2) is 22.9 Å². The second-order valence-corrected chi connectivity index (χ2v) is 3.90. The Bertz CT molecular complexity index is 600. The highest BCUT2D eigenvalue weighted by molar-refractivity contribution is 6.28. The van der Waals surface area contributed by atoms with Crippen molar-refractivity contribution in [3.8, 4) is 11.3 Å². The highest BCUT2D eigenvalue weighted by Crippen LogP contribution is 2.28. The van der Waals surface area contributed by atoms with Crippen molar-refractivity contribution in [2.45, 2.75) is 0 Å². The lowest BCUT2D eigenvalue weighted by Gasteiger charge is -2.10. The summed E-state index contributed by atoms with van der Waals surface area (Å²) in [7, 11) is 1.56. The van der Waals surface area contributed by atoms with Crippen molar-refractivity contribution in [3.05, 3.63) is 41.3 Å². The first-order valence-electron chi connectivity index (χ1n) is 5.23. The van der Waals surface area contributed by atoms with Crippen molar-refractivity contribution in [2.24, 2.45) is 0 Å². The van der Waals surface area contributed by atoms with E-state index in [1.807, 2.05) is 0 Å². The number of hydrogen-bond acceptors (Lipinski definition) is 4. The van der Waals surface area contributed by atoms with E-state index in [9.17, 15) is 4.79 Å². The largest absolute Gasteiger partial charge is 0.398 e. The summed E-state index contributed by atoms with van der Waals surface area (Å²) in [4.78, 5) is 19.7. The Balaban J connectivity index is 2.66. The third-order valence-electron chi connectivity index (χ3n) is 2.45. The van der Waals surface area contributed by atoms with Gasteiger partial charge in [0.05, 0.1) is 11.3 Å². The van der Waals surface area contributed by atoms with Gasteiger partial charge in [0, 0.05) is 24.5 Å². The Morgan fingerprint density at radius 1 is 1.39 bits per heavy atom. The Hall–Kier alpha value is -2.14. The van der Waals surface area contributed by atoms with Crippen molar-refractivity contribution in [2.75, 3.05) is 12.8 Å². The van der Waals surface area contributed by atoms with Crippen molar-refractivity contribution < 1.29 is 4.79 Å². The molecule has 1 aromatic carbocycles. The fraction of sp³-hybridized carbons (Fsp3) is 0.0833. The van der Waals surface area contributed by atoms with E-state index in [4.69, 9.17) is 17.3 Å². The van der Waals surface area contributed by atoms with Crippen LogP contribution in [0.3, 0.4) is 0 Å². The molecule has 0 spiro atoms. The average molecular weight is 263 g/mol. The second-order valence-electron chi connectivity index (χ2n) is 3.56. The number of hydrogen-bond donors (Lipinski definition) is 2. The molecule has 1 amide bonds. The van der Waals surface area contributed by atoms with Gasteiger partial charge in [0.15, 0.2) is 0 Å². The number of anilines is 1. The number of carbonyl (C=O) groups is 1. The summed E-state index contributed by atoms with van der Waals surface area (Å²) in [6, 6.07) is 6.76. The van der Waals surface area contributed by atoms with Crippen LogP contribution in [0.2, 0.25) is 5.28 Å². The van der Waals surface area contributed by atoms with E-state index in [0.29, 0.717) is 22.5 Å². The number of rotatable bonds is 2. The lowest BCUT2D eigenvalue weighted by atomic mass is 10.0. The van der Waals surface area contributed by atoms with Crippen LogP contribution >= 0.6 is 11.6 Å². The van der Waals surface area contributed by atoms with E-state index in [1.165, 1.54) is 6.20 Å². The molecule has 92 valence electrons. The molecule has 0 aliphatic rings. The number of halogens is 1. The first kappa shape index (κ1) is 12.3. The van der Waals surface area contributed by atoms with Gasteiger partial charge in [-0.05, 0) is 29.8 Å². The van der Waals surface area contributed by atoms with Gasteiger partial charge in [0.2, 0.25) is 5.28 Å². The zero-order valence-corrected chi connectivity index (χ0v) is 10.4. The molecule has 0 fully saturated rings. The second kappa shape index (κ2) is 5.01. The fourth-order valence-corrected chi connectivity index (χ4v) is 1.80. The van der Waals surface area contributed by atoms with Crippen molar-refractivity contribution >= 4 is 23.2 Å². The molecule has 0 saturated heterocycles. The number of amides is 1. The van der Waals surface area contributed by atoms with Gasteiger partial charge in [-0.1, -0.05) is 6.07 Å². The standard InChI is InChI=1S/C12H11ClN4O/c1-15-11(18)7-3-2-4-8(14)10(7)9-5-6-16-12(13)17-9/h2-6H,14H2,1H3,(H,15,18). The van der Waals surface area contributed by atoms with Gasteiger partial charge in [0.25, 0.3) is 5.91 Å². The topological polar surface area (TPSA) is 80.9 Å². The predicted molar refractivity (Wildman–Crippen MR) is 70.3 cm³/mol. The molecule has 1 heterocycles. The van der Waals surface area contributed by atoms with Gasteiger partial charge in [-0.3, -0.25) is 4.79 Å². The minimum atomic E-state index is -0.230. The smallest absolute Gasteiger partial charge is 0.251 e. The molecule has 18 heavy (non-hydrogen) atoms. The van der Waals surface area contributed by atoms with Gasteiger partial charge < -0.3 is 11.1 Å². The highest BCUT2D eigenvalue weighted by Gasteiger charge is 2.15. The summed E-state index contributed by atoms with van der Waals surface area (Å²) in [5.74, 6) is -0.230. The predicted octanol–water partition coefficient (Wildman–Crippen LogP) is 1.74. The van der Waals surface area contributed by atoms with Crippen LogP contribution in [0.1, 0.15) is 10.4 Å². The number of benzene rings is 1. The molecule has 2 aromatic rings. The summed E-state index contributed by atoms with van der Waals surface area (Å²) >= 11 is 5.75. The van der Waals surface area contributed by atoms with E-state index in [1.54, 1.807) is 31.3 Å². The molecule has 0 aliphatic heterocycles. The summed E-state index contributed by atoms with van der Waals surface area (Å²) in [6.07, 6.45) is 1.52. The van der Waals surface area contributed by atoms with Crippen LogP contribution in [0.25, 0.3) is 11.3 Å². The molecular formula is C12H11ClN4O. The maximum absolute atomic E-state index is 11.8. The first-order chi connectivity index (χ1) is 8.63. The molecule has 0 aliphatic carbocycles. The number of nitrogens with two attached hydrogens (primary N) is 1. The zero-order chi connectivity index (χ0) is 13.1.